The molecule has 1 unspecified atom stereocenters. The first-order chi connectivity index (χ1) is 16.2. The zero-order valence-electron chi connectivity index (χ0n) is 20.7. The van der Waals surface area contributed by atoms with Gasteiger partial charge in [0.2, 0.25) is 21.8 Å². The largest absolute Gasteiger partial charge is 0.350 e. The van der Waals surface area contributed by atoms with Crippen molar-refractivity contribution < 1.29 is 22.4 Å². The van der Waals surface area contributed by atoms with Crippen molar-refractivity contribution in [3.63, 3.8) is 0 Å². The molecule has 0 saturated carbocycles. The molecule has 192 valence electrons. The van der Waals surface area contributed by atoms with Crippen LogP contribution in [0.2, 0.25) is 5.02 Å². The molecule has 0 radical (unpaired) electrons. The molecule has 0 aliphatic rings. The zero-order chi connectivity index (χ0) is 26.4. The van der Waals surface area contributed by atoms with Crippen LogP contribution in [-0.2, 0) is 26.2 Å². The Morgan fingerprint density at radius 2 is 1.63 bits per heavy atom. The van der Waals surface area contributed by atoms with E-state index < -0.39 is 27.4 Å². The molecule has 0 fully saturated rings. The van der Waals surface area contributed by atoms with Crippen LogP contribution in [0.1, 0.15) is 46.1 Å². The Labute approximate surface area is 212 Å². The summed E-state index contributed by atoms with van der Waals surface area (Å²) in [5, 5.41) is 3.36. The summed E-state index contributed by atoms with van der Waals surface area (Å²) in [5.41, 5.74) is 0.643. The van der Waals surface area contributed by atoms with Gasteiger partial charge in [0.05, 0.1) is 11.9 Å². The minimum atomic E-state index is -3.59. The van der Waals surface area contributed by atoms with E-state index in [1.807, 2.05) is 20.8 Å². The molecule has 2 aromatic carbocycles. The van der Waals surface area contributed by atoms with Gasteiger partial charge in [0.25, 0.3) is 0 Å². The number of nitrogens with one attached hydrogen (secondary N) is 1. The van der Waals surface area contributed by atoms with Gasteiger partial charge in [0.1, 0.15) is 11.9 Å². The van der Waals surface area contributed by atoms with Gasteiger partial charge in [-0.15, -0.1) is 0 Å². The molecule has 1 N–H and O–H groups in total. The standard InChI is InChI=1S/C25H33ClFN3O4S/c1-18(24(32)28-25(2,3)4)29(17-19-8-12-21(27)13-9-19)23(31)7-6-16-30(35(5,33)34)22-14-10-20(26)11-15-22/h8-15,18H,6-7,16-17H2,1-5H3,(H,28,32). The summed E-state index contributed by atoms with van der Waals surface area (Å²) < 4.78 is 39.2. The Kier molecular flexibility index (Phi) is 9.68. The third kappa shape index (κ3) is 9.14. The van der Waals surface area contributed by atoms with E-state index in [9.17, 15) is 22.4 Å². The monoisotopic (exact) mass is 525 g/mol. The third-order valence-corrected chi connectivity index (χ3v) is 6.64. The molecule has 0 bridgehead atoms. The summed E-state index contributed by atoms with van der Waals surface area (Å²) in [6.45, 7) is 7.38. The van der Waals surface area contributed by atoms with E-state index in [4.69, 9.17) is 11.6 Å². The first kappa shape index (κ1) is 28.6. The molecular formula is C25H33ClFN3O4S. The van der Waals surface area contributed by atoms with Crippen LogP contribution in [0, 0.1) is 5.82 Å². The molecule has 2 aromatic rings. The van der Waals surface area contributed by atoms with Crippen molar-refractivity contribution in [2.75, 3.05) is 17.1 Å². The third-order valence-electron chi connectivity index (χ3n) is 5.20. The highest BCUT2D eigenvalue weighted by Gasteiger charge is 2.28. The summed E-state index contributed by atoms with van der Waals surface area (Å²) in [6.07, 6.45) is 1.36. The maximum atomic E-state index is 13.4. The highest BCUT2D eigenvalue weighted by molar-refractivity contribution is 7.92. The quantitative estimate of drug-likeness (QED) is 0.499. The van der Waals surface area contributed by atoms with Crippen LogP contribution >= 0.6 is 11.6 Å². The first-order valence-electron chi connectivity index (χ1n) is 11.3. The van der Waals surface area contributed by atoms with Crippen LogP contribution < -0.4 is 9.62 Å². The number of carbonyl (C=O) groups excluding carboxylic acids is 2. The number of benzene rings is 2. The number of rotatable bonds is 10. The van der Waals surface area contributed by atoms with Crippen molar-refractivity contribution in [3.05, 3.63) is 64.9 Å². The van der Waals surface area contributed by atoms with Gasteiger partial charge in [-0.25, -0.2) is 12.8 Å². The van der Waals surface area contributed by atoms with Gasteiger partial charge in [0.15, 0.2) is 0 Å². The lowest BCUT2D eigenvalue weighted by Gasteiger charge is -2.32. The van der Waals surface area contributed by atoms with Crippen molar-refractivity contribution in [1.29, 1.82) is 0 Å². The van der Waals surface area contributed by atoms with Gasteiger partial charge in [-0.3, -0.25) is 13.9 Å². The Bertz CT molecular complexity index is 1120. The van der Waals surface area contributed by atoms with Crippen LogP contribution in [0.4, 0.5) is 10.1 Å². The van der Waals surface area contributed by atoms with Gasteiger partial charge in [0, 0.05) is 30.1 Å². The lowest BCUT2D eigenvalue weighted by atomic mass is 10.1. The normalized spacial score (nSPS) is 12.7. The van der Waals surface area contributed by atoms with E-state index in [0.717, 1.165) is 6.26 Å². The molecule has 0 aliphatic heterocycles. The molecule has 10 heteroatoms. The van der Waals surface area contributed by atoms with E-state index in [2.05, 4.69) is 5.32 Å². The number of nitrogens with zero attached hydrogens (tertiary/aromatic N) is 2. The number of hydrogen-bond donors (Lipinski definition) is 1. The van der Waals surface area contributed by atoms with Crippen molar-refractivity contribution in [1.82, 2.24) is 10.2 Å². The van der Waals surface area contributed by atoms with E-state index in [-0.39, 0.29) is 37.7 Å². The summed E-state index contributed by atoms with van der Waals surface area (Å²) in [7, 11) is -3.59. The minimum Gasteiger partial charge on any atom is -0.350 e. The molecule has 1 atom stereocenters. The molecule has 0 heterocycles. The van der Waals surface area contributed by atoms with Gasteiger partial charge in [-0.1, -0.05) is 23.7 Å². The van der Waals surface area contributed by atoms with Crippen LogP contribution in [-0.4, -0.2) is 49.5 Å². The second-order valence-corrected chi connectivity index (χ2v) is 11.8. The SMILES string of the molecule is CC(C(=O)NC(C)(C)C)N(Cc1ccc(F)cc1)C(=O)CCCN(c1ccc(Cl)cc1)S(C)(=O)=O. The van der Waals surface area contributed by atoms with E-state index in [1.54, 1.807) is 43.3 Å². The fourth-order valence-electron chi connectivity index (χ4n) is 3.45. The van der Waals surface area contributed by atoms with Crippen LogP contribution in [0.3, 0.4) is 0 Å². The fourth-order valence-corrected chi connectivity index (χ4v) is 4.55. The summed E-state index contributed by atoms with van der Waals surface area (Å²) >= 11 is 5.91. The topological polar surface area (TPSA) is 86.8 Å². The average molecular weight is 526 g/mol. The van der Waals surface area contributed by atoms with Crippen molar-refractivity contribution in [2.24, 2.45) is 0 Å². The number of sulfonamides is 1. The lowest BCUT2D eigenvalue weighted by molar-refractivity contribution is -0.141. The Balaban J connectivity index is 2.17. The molecule has 2 rings (SSSR count). The van der Waals surface area contributed by atoms with Crippen molar-refractivity contribution >= 4 is 39.1 Å². The summed E-state index contributed by atoms with van der Waals surface area (Å²) in [6, 6.07) is 11.3. The Morgan fingerprint density at radius 1 is 1.06 bits per heavy atom. The van der Waals surface area contributed by atoms with Crippen molar-refractivity contribution in [3.8, 4) is 0 Å². The second-order valence-electron chi connectivity index (χ2n) is 9.48. The maximum Gasteiger partial charge on any atom is 0.242 e. The summed E-state index contributed by atoms with van der Waals surface area (Å²) in [4.78, 5) is 27.5. The van der Waals surface area contributed by atoms with E-state index in [0.29, 0.717) is 16.3 Å². The van der Waals surface area contributed by atoms with Gasteiger partial charge >= 0.3 is 0 Å². The average Bonchev–Trinajstić information content (AvgIpc) is 2.74. The highest BCUT2D eigenvalue weighted by atomic mass is 35.5. The molecular weight excluding hydrogens is 493 g/mol. The minimum absolute atomic E-state index is 0.0218. The van der Waals surface area contributed by atoms with Gasteiger partial charge in [-0.2, -0.15) is 0 Å². The zero-order valence-corrected chi connectivity index (χ0v) is 22.3. The fraction of sp³-hybridized carbons (Fsp3) is 0.440. The highest BCUT2D eigenvalue weighted by Crippen LogP contribution is 2.21. The number of hydrogen-bond acceptors (Lipinski definition) is 4. The van der Waals surface area contributed by atoms with E-state index in [1.165, 1.54) is 21.3 Å². The Hall–Kier alpha value is -2.65. The summed E-state index contributed by atoms with van der Waals surface area (Å²) in [5.74, 6) is -1.02. The van der Waals surface area contributed by atoms with Crippen molar-refractivity contribution in [2.45, 2.75) is 58.7 Å². The molecule has 0 aromatic heterocycles. The number of amides is 2. The molecule has 0 spiro atoms. The van der Waals surface area contributed by atoms with Crippen LogP contribution in [0.15, 0.2) is 48.5 Å². The van der Waals surface area contributed by atoms with Crippen LogP contribution in [0.5, 0.6) is 0 Å². The van der Waals surface area contributed by atoms with E-state index >= 15 is 0 Å². The maximum absolute atomic E-state index is 13.4. The number of anilines is 1. The van der Waals surface area contributed by atoms with Crippen LogP contribution in [0.25, 0.3) is 0 Å². The molecule has 0 saturated heterocycles. The van der Waals surface area contributed by atoms with Gasteiger partial charge < -0.3 is 10.2 Å². The number of carbonyl (C=O) groups is 2. The van der Waals surface area contributed by atoms with Gasteiger partial charge in [-0.05, 0) is 76.1 Å². The molecule has 0 aliphatic carbocycles. The second kappa shape index (κ2) is 11.9. The number of halogens is 2. The first-order valence-corrected chi connectivity index (χ1v) is 13.5. The lowest BCUT2D eigenvalue weighted by Crippen LogP contribution is -2.52. The molecule has 7 nitrogen and oxygen atoms in total. The smallest absolute Gasteiger partial charge is 0.242 e. The predicted octanol–water partition coefficient (Wildman–Crippen LogP) is 4.36. The molecule has 35 heavy (non-hydrogen) atoms. The molecule has 2 amide bonds. The Morgan fingerprint density at radius 3 is 2.14 bits per heavy atom. The predicted molar refractivity (Wildman–Crippen MR) is 137 cm³/mol.